The van der Waals surface area contributed by atoms with Crippen LogP contribution in [0.4, 0.5) is 13.2 Å². The predicted molar refractivity (Wildman–Crippen MR) is 48.2 cm³/mol. The number of halogens is 3. The highest BCUT2D eigenvalue weighted by atomic mass is 19.2. The van der Waals surface area contributed by atoms with Gasteiger partial charge in [-0.2, -0.15) is 4.39 Å². The van der Waals surface area contributed by atoms with Crippen LogP contribution in [0.3, 0.4) is 0 Å². The molecule has 1 aromatic carbocycles. The van der Waals surface area contributed by atoms with Gasteiger partial charge in [-0.3, -0.25) is 4.79 Å². The fourth-order valence-corrected chi connectivity index (χ4v) is 0.935. The Morgan fingerprint density at radius 1 is 1.40 bits per heavy atom. The maximum Gasteiger partial charge on any atom is 0.271 e. The molecule has 0 bridgehead atoms. The number of hydrogen-bond donors (Lipinski definition) is 0. The van der Waals surface area contributed by atoms with Crippen LogP contribution in [-0.2, 0) is 0 Å². The monoisotopic (exact) mass is 218 g/mol. The van der Waals surface area contributed by atoms with Crippen molar-refractivity contribution < 1.29 is 22.7 Å². The Morgan fingerprint density at radius 2 is 2.13 bits per heavy atom. The smallest absolute Gasteiger partial charge is 0.271 e. The van der Waals surface area contributed by atoms with Gasteiger partial charge in [0.05, 0.1) is 0 Å². The fraction of sp³-hybridized carbons (Fsp3) is 0.300. The molecule has 2 unspecified atom stereocenters. The van der Waals surface area contributed by atoms with Crippen molar-refractivity contribution in [3.63, 3.8) is 0 Å². The molecule has 0 aliphatic carbocycles. The molecule has 1 rings (SSSR count). The highest BCUT2D eigenvalue weighted by molar-refractivity contribution is 5.75. The second kappa shape index (κ2) is 5.38. The summed E-state index contributed by atoms with van der Waals surface area (Å²) in [5, 5.41) is 0. The van der Waals surface area contributed by atoms with E-state index in [-0.39, 0.29) is 11.3 Å². The highest BCUT2D eigenvalue weighted by Gasteiger charge is 2.21. The number of carbonyl (C=O) groups excluding carboxylic acids is 1. The van der Waals surface area contributed by atoms with Crippen LogP contribution < -0.4 is 4.74 Å². The van der Waals surface area contributed by atoms with Gasteiger partial charge in [-0.1, -0.05) is 12.1 Å². The van der Waals surface area contributed by atoms with Crippen LogP contribution in [0.5, 0.6) is 5.75 Å². The number of aldehydes is 1. The lowest BCUT2D eigenvalue weighted by Gasteiger charge is -2.13. The number of hydrogen-bond acceptors (Lipinski definition) is 2. The van der Waals surface area contributed by atoms with E-state index in [0.717, 1.165) is 0 Å². The summed E-state index contributed by atoms with van der Waals surface area (Å²) in [5.74, 6) is -0.0109. The number of ether oxygens (including phenoxy) is 1. The van der Waals surface area contributed by atoms with Gasteiger partial charge in [0.25, 0.3) is 6.36 Å². The van der Waals surface area contributed by atoms with Gasteiger partial charge in [0.15, 0.2) is 6.17 Å². The Labute approximate surface area is 84.7 Å². The van der Waals surface area contributed by atoms with Crippen LogP contribution >= 0.6 is 0 Å². The molecule has 0 amide bonds. The molecule has 0 spiro atoms. The zero-order chi connectivity index (χ0) is 11.3. The summed E-state index contributed by atoms with van der Waals surface area (Å²) in [6, 6.07) is 5.53. The minimum Gasteiger partial charge on any atom is -0.457 e. The Balaban J connectivity index is 2.67. The third kappa shape index (κ3) is 3.27. The normalized spacial score (nSPS) is 14.3. The Morgan fingerprint density at radius 3 is 2.73 bits per heavy atom. The van der Waals surface area contributed by atoms with Crippen molar-refractivity contribution in [1.82, 2.24) is 0 Å². The van der Waals surface area contributed by atoms with E-state index in [1.807, 2.05) is 0 Å². The molecule has 5 heteroatoms. The molecule has 0 heterocycles. The number of carbonyl (C=O) groups is 1. The summed E-state index contributed by atoms with van der Waals surface area (Å²) < 4.78 is 41.4. The molecule has 0 aliphatic rings. The first kappa shape index (κ1) is 11.6. The van der Waals surface area contributed by atoms with E-state index in [2.05, 4.69) is 4.74 Å². The van der Waals surface area contributed by atoms with Gasteiger partial charge in [0.1, 0.15) is 18.7 Å². The maximum atomic E-state index is 12.8. The summed E-state index contributed by atoms with van der Waals surface area (Å²) in [4.78, 5) is 10.4. The number of rotatable bonds is 5. The largest absolute Gasteiger partial charge is 0.457 e. The third-order valence-electron chi connectivity index (χ3n) is 1.67. The van der Waals surface area contributed by atoms with Crippen LogP contribution in [-0.4, -0.2) is 25.5 Å². The van der Waals surface area contributed by atoms with E-state index in [9.17, 15) is 18.0 Å². The average molecular weight is 218 g/mol. The molecule has 1 aromatic rings. The van der Waals surface area contributed by atoms with Crippen LogP contribution in [0.1, 0.15) is 10.4 Å². The predicted octanol–water partition coefficient (Wildman–Crippen LogP) is 2.48. The van der Waals surface area contributed by atoms with Crippen molar-refractivity contribution in [2.75, 3.05) is 6.67 Å². The first-order valence-corrected chi connectivity index (χ1v) is 4.23. The van der Waals surface area contributed by atoms with E-state index in [1.54, 1.807) is 0 Å². The quantitative estimate of drug-likeness (QED) is 0.709. The maximum absolute atomic E-state index is 12.8. The molecule has 2 atom stereocenters. The Hall–Kier alpha value is -1.52. The lowest BCUT2D eigenvalue weighted by atomic mass is 10.2. The molecular formula is C10H9F3O2. The van der Waals surface area contributed by atoms with Gasteiger partial charge < -0.3 is 4.74 Å². The van der Waals surface area contributed by atoms with Gasteiger partial charge in [0.2, 0.25) is 0 Å². The van der Waals surface area contributed by atoms with Gasteiger partial charge in [-0.25, -0.2) is 8.78 Å². The summed E-state index contributed by atoms with van der Waals surface area (Å²) in [7, 11) is 0. The van der Waals surface area contributed by atoms with Gasteiger partial charge in [0, 0.05) is 5.56 Å². The van der Waals surface area contributed by atoms with Crippen molar-refractivity contribution in [3.8, 4) is 5.75 Å². The molecule has 0 radical (unpaired) electrons. The van der Waals surface area contributed by atoms with E-state index in [0.29, 0.717) is 6.29 Å². The molecule has 0 fully saturated rings. The zero-order valence-corrected chi connectivity index (χ0v) is 7.70. The molecule has 0 N–H and O–H groups in total. The average Bonchev–Trinajstić information content (AvgIpc) is 2.28. The molecule has 0 saturated carbocycles. The van der Waals surface area contributed by atoms with Crippen molar-refractivity contribution in [3.05, 3.63) is 29.8 Å². The van der Waals surface area contributed by atoms with E-state index in [1.165, 1.54) is 24.3 Å². The molecule has 0 aromatic heterocycles. The zero-order valence-electron chi connectivity index (χ0n) is 7.70. The minimum atomic E-state index is -2.36. The van der Waals surface area contributed by atoms with Gasteiger partial charge >= 0.3 is 0 Å². The summed E-state index contributed by atoms with van der Waals surface area (Å²) in [6.45, 7) is -1.45. The van der Waals surface area contributed by atoms with Crippen molar-refractivity contribution in [2.45, 2.75) is 12.5 Å². The lowest BCUT2D eigenvalue weighted by molar-refractivity contribution is -0.0148. The minimum absolute atomic E-state index is 0.0109. The molecule has 0 saturated heterocycles. The molecule has 2 nitrogen and oxygen atoms in total. The second-order valence-corrected chi connectivity index (χ2v) is 2.83. The Kier molecular flexibility index (Phi) is 4.15. The standard InChI is InChI=1S/C10H9F3O2/c11-5-9(12)10(13)15-8-3-1-2-7(4-8)6-14/h1-4,6,9-10H,5H2. The van der Waals surface area contributed by atoms with E-state index >= 15 is 0 Å². The van der Waals surface area contributed by atoms with Crippen LogP contribution in [0, 0.1) is 0 Å². The molecule has 82 valence electrons. The van der Waals surface area contributed by atoms with Crippen molar-refractivity contribution >= 4 is 6.29 Å². The summed E-state index contributed by atoms with van der Waals surface area (Å²) >= 11 is 0. The SMILES string of the molecule is O=Cc1cccc(OC(F)C(F)CF)c1. The fourth-order valence-electron chi connectivity index (χ4n) is 0.935. The Bertz CT molecular complexity index is 330. The molecule has 0 aliphatic heterocycles. The topological polar surface area (TPSA) is 26.3 Å². The van der Waals surface area contributed by atoms with Gasteiger partial charge in [-0.05, 0) is 12.1 Å². The van der Waals surface area contributed by atoms with E-state index in [4.69, 9.17) is 0 Å². The number of benzene rings is 1. The highest BCUT2D eigenvalue weighted by Crippen LogP contribution is 2.17. The summed E-state index contributed by atoms with van der Waals surface area (Å²) in [6.07, 6.45) is -4.14. The first-order valence-electron chi connectivity index (χ1n) is 4.23. The lowest BCUT2D eigenvalue weighted by Crippen LogP contribution is -2.25. The van der Waals surface area contributed by atoms with Crippen LogP contribution in [0.15, 0.2) is 24.3 Å². The van der Waals surface area contributed by atoms with Crippen LogP contribution in [0.25, 0.3) is 0 Å². The molecule has 15 heavy (non-hydrogen) atoms. The van der Waals surface area contributed by atoms with Crippen LogP contribution in [0.2, 0.25) is 0 Å². The van der Waals surface area contributed by atoms with E-state index < -0.39 is 19.2 Å². The van der Waals surface area contributed by atoms with Gasteiger partial charge in [-0.15, -0.1) is 0 Å². The van der Waals surface area contributed by atoms with Crippen molar-refractivity contribution in [1.29, 1.82) is 0 Å². The molecular weight excluding hydrogens is 209 g/mol. The third-order valence-corrected chi connectivity index (χ3v) is 1.67. The second-order valence-electron chi connectivity index (χ2n) is 2.83. The summed E-state index contributed by atoms with van der Waals surface area (Å²) in [5.41, 5.74) is 0.273. The first-order chi connectivity index (χ1) is 7.17. The number of alkyl halides is 3. The van der Waals surface area contributed by atoms with Crippen molar-refractivity contribution in [2.24, 2.45) is 0 Å².